The van der Waals surface area contributed by atoms with E-state index in [2.05, 4.69) is 17.1 Å². The number of hydrogen-bond donors (Lipinski definition) is 1. The Bertz CT molecular complexity index is 381. The van der Waals surface area contributed by atoms with Gasteiger partial charge in [-0.15, -0.1) is 0 Å². The lowest BCUT2D eigenvalue weighted by Crippen LogP contribution is -2.38. The highest BCUT2D eigenvalue weighted by atomic mass is 19.1. The van der Waals surface area contributed by atoms with Gasteiger partial charge in [0.2, 0.25) is 0 Å². The largest absolute Gasteiger partial charge is 0.313 e. The third-order valence-electron chi connectivity index (χ3n) is 4.01. The van der Waals surface area contributed by atoms with Gasteiger partial charge >= 0.3 is 0 Å². The van der Waals surface area contributed by atoms with Crippen LogP contribution in [0.4, 0.5) is 4.39 Å². The predicted octanol–water partition coefficient (Wildman–Crippen LogP) is 3.18. The summed E-state index contributed by atoms with van der Waals surface area (Å²) in [5.74, 6) is -0.111. The van der Waals surface area contributed by atoms with E-state index >= 15 is 0 Å². The zero-order valence-electron chi connectivity index (χ0n) is 11.9. The summed E-state index contributed by atoms with van der Waals surface area (Å²) in [4.78, 5) is 2.58. The van der Waals surface area contributed by atoms with Gasteiger partial charge in [0.05, 0.1) is 0 Å². The molecule has 1 fully saturated rings. The van der Waals surface area contributed by atoms with Crippen LogP contribution in [0.15, 0.2) is 24.3 Å². The Kier molecular flexibility index (Phi) is 5.80. The van der Waals surface area contributed by atoms with E-state index in [-0.39, 0.29) is 5.82 Å². The fraction of sp³-hybridized carbons (Fsp3) is 0.625. The maximum absolute atomic E-state index is 13.4. The van der Waals surface area contributed by atoms with Crippen molar-refractivity contribution in [1.82, 2.24) is 10.2 Å². The summed E-state index contributed by atoms with van der Waals surface area (Å²) < 4.78 is 13.4. The van der Waals surface area contributed by atoms with Gasteiger partial charge < -0.3 is 10.2 Å². The zero-order valence-corrected chi connectivity index (χ0v) is 11.9. The quantitative estimate of drug-likeness (QED) is 0.794. The highest BCUT2D eigenvalue weighted by Crippen LogP contribution is 2.16. The van der Waals surface area contributed by atoms with E-state index in [0.29, 0.717) is 6.54 Å². The fourth-order valence-corrected chi connectivity index (χ4v) is 2.76. The van der Waals surface area contributed by atoms with Crippen LogP contribution in [0.2, 0.25) is 0 Å². The van der Waals surface area contributed by atoms with Gasteiger partial charge in [-0.2, -0.15) is 0 Å². The molecule has 1 saturated heterocycles. The van der Waals surface area contributed by atoms with Crippen LogP contribution in [0.1, 0.15) is 38.2 Å². The summed E-state index contributed by atoms with van der Waals surface area (Å²) in [6.45, 7) is 6.31. The van der Waals surface area contributed by atoms with Crippen LogP contribution in [-0.2, 0) is 6.54 Å². The van der Waals surface area contributed by atoms with E-state index in [1.54, 1.807) is 6.07 Å². The molecule has 2 rings (SSSR count). The lowest BCUT2D eigenvalue weighted by Gasteiger charge is -2.33. The summed E-state index contributed by atoms with van der Waals surface area (Å²) in [5.41, 5.74) is 0.758. The number of halogens is 1. The highest BCUT2D eigenvalue weighted by molar-refractivity contribution is 5.16. The van der Waals surface area contributed by atoms with Crippen molar-refractivity contribution in [3.8, 4) is 0 Å². The third-order valence-corrected chi connectivity index (χ3v) is 4.01. The SMILES string of the molecule is CC1CCCCN1CCCNCc1ccccc1F. The minimum atomic E-state index is -0.111. The Balaban J connectivity index is 1.61. The van der Waals surface area contributed by atoms with Crippen LogP contribution < -0.4 is 5.32 Å². The molecule has 0 aromatic heterocycles. The molecule has 1 aromatic carbocycles. The van der Waals surface area contributed by atoms with Crippen LogP contribution in [0, 0.1) is 5.82 Å². The Hall–Kier alpha value is -0.930. The molecule has 1 N–H and O–H groups in total. The summed E-state index contributed by atoms with van der Waals surface area (Å²) in [6.07, 6.45) is 5.19. The molecule has 1 aromatic rings. The summed E-state index contributed by atoms with van der Waals surface area (Å²) >= 11 is 0. The van der Waals surface area contributed by atoms with Crippen molar-refractivity contribution < 1.29 is 4.39 Å². The standard InChI is InChI=1S/C16H25FN2/c1-14-7-4-5-11-19(14)12-6-10-18-13-15-8-2-3-9-16(15)17/h2-3,8-9,14,18H,4-7,10-13H2,1H3. The van der Waals surface area contributed by atoms with E-state index in [4.69, 9.17) is 0 Å². The second-order valence-electron chi connectivity index (χ2n) is 5.50. The average molecular weight is 264 g/mol. The monoisotopic (exact) mass is 264 g/mol. The predicted molar refractivity (Wildman–Crippen MR) is 77.6 cm³/mol. The van der Waals surface area contributed by atoms with Crippen LogP contribution >= 0.6 is 0 Å². The molecule has 0 radical (unpaired) electrons. The number of nitrogens with one attached hydrogen (secondary N) is 1. The molecular weight excluding hydrogens is 239 g/mol. The van der Waals surface area contributed by atoms with Crippen molar-refractivity contribution in [2.75, 3.05) is 19.6 Å². The van der Waals surface area contributed by atoms with Crippen LogP contribution in [-0.4, -0.2) is 30.6 Å². The second-order valence-corrected chi connectivity index (χ2v) is 5.50. The first-order valence-corrected chi connectivity index (χ1v) is 7.45. The van der Waals surface area contributed by atoms with E-state index in [1.807, 2.05) is 12.1 Å². The van der Waals surface area contributed by atoms with Gasteiger partial charge in [-0.1, -0.05) is 24.6 Å². The Labute approximate surface area is 116 Å². The molecule has 1 aliphatic rings. The van der Waals surface area contributed by atoms with Crippen molar-refractivity contribution >= 4 is 0 Å². The van der Waals surface area contributed by atoms with E-state index in [0.717, 1.165) is 31.1 Å². The molecule has 0 bridgehead atoms. The number of benzene rings is 1. The van der Waals surface area contributed by atoms with Crippen LogP contribution in [0.3, 0.4) is 0 Å². The van der Waals surface area contributed by atoms with Crippen LogP contribution in [0.25, 0.3) is 0 Å². The first kappa shape index (κ1) is 14.5. The molecule has 2 nitrogen and oxygen atoms in total. The molecule has 1 unspecified atom stereocenters. The first-order chi connectivity index (χ1) is 9.27. The topological polar surface area (TPSA) is 15.3 Å². The summed E-state index contributed by atoms with van der Waals surface area (Å²) in [7, 11) is 0. The van der Waals surface area contributed by atoms with Crippen molar-refractivity contribution in [3.63, 3.8) is 0 Å². The molecule has 1 aliphatic heterocycles. The van der Waals surface area contributed by atoms with Gasteiger partial charge in [-0.3, -0.25) is 0 Å². The molecule has 19 heavy (non-hydrogen) atoms. The summed E-state index contributed by atoms with van der Waals surface area (Å²) in [5, 5.41) is 3.33. The molecule has 106 valence electrons. The van der Waals surface area contributed by atoms with Crippen molar-refractivity contribution in [2.24, 2.45) is 0 Å². The summed E-state index contributed by atoms with van der Waals surface area (Å²) in [6, 6.07) is 7.72. The smallest absolute Gasteiger partial charge is 0.127 e. The minimum Gasteiger partial charge on any atom is -0.313 e. The number of piperidine rings is 1. The second kappa shape index (κ2) is 7.61. The fourth-order valence-electron chi connectivity index (χ4n) is 2.76. The lowest BCUT2D eigenvalue weighted by molar-refractivity contribution is 0.159. The number of rotatable bonds is 6. The van der Waals surface area contributed by atoms with Crippen molar-refractivity contribution in [2.45, 2.75) is 45.2 Å². The van der Waals surface area contributed by atoms with Gasteiger partial charge in [0.15, 0.2) is 0 Å². The van der Waals surface area contributed by atoms with Gasteiger partial charge in [0, 0.05) is 18.2 Å². The van der Waals surface area contributed by atoms with E-state index in [9.17, 15) is 4.39 Å². The minimum absolute atomic E-state index is 0.111. The zero-order chi connectivity index (χ0) is 13.5. The Morgan fingerprint density at radius 2 is 2.16 bits per heavy atom. The van der Waals surface area contributed by atoms with Gasteiger partial charge in [0.25, 0.3) is 0 Å². The first-order valence-electron chi connectivity index (χ1n) is 7.45. The lowest BCUT2D eigenvalue weighted by atomic mass is 10.0. The third kappa shape index (κ3) is 4.59. The number of hydrogen-bond acceptors (Lipinski definition) is 2. The maximum Gasteiger partial charge on any atom is 0.127 e. The number of nitrogens with zero attached hydrogens (tertiary/aromatic N) is 1. The Morgan fingerprint density at radius 1 is 1.32 bits per heavy atom. The molecule has 3 heteroatoms. The molecular formula is C16H25FN2. The van der Waals surface area contributed by atoms with E-state index in [1.165, 1.54) is 31.9 Å². The van der Waals surface area contributed by atoms with Crippen molar-refractivity contribution in [3.05, 3.63) is 35.6 Å². The molecule has 0 amide bonds. The molecule has 0 saturated carbocycles. The van der Waals surface area contributed by atoms with Crippen molar-refractivity contribution in [1.29, 1.82) is 0 Å². The average Bonchev–Trinajstić information content (AvgIpc) is 2.42. The van der Waals surface area contributed by atoms with Gasteiger partial charge in [-0.25, -0.2) is 4.39 Å². The van der Waals surface area contributed by atoms with Crippen LogP contribution in [0.5, 0.6) is 0 Å². The highest BCUT2D eigenvalue weighted by Gasteiger charge is 2.16. The normalized spacial score (nSPS) is 20.6. The van der Waals surface area contributed by atoms with Gasteiger partial charge in [0.1, 0.15) is 5.82 Å². The Morgan fingerprint density at radius 3 is 2.95 bits per heavy atom. The van der Waals surface area contributed by atoms with Gasteiger partial charge in [-0.05, 0) is 51.9 Å². The molecule has 1 heterocycles. The molecule has 1 atom stereocenters. The van der Waals surface area contributed by atoms with E-state index < -0.39 is 0 Å². The number of likely N-dealkylation sites (tertiary alicyclic amines) is 1. The maximum atomic E-state index is 13.4. The molecule has 0 spiro atoms. The molecule has 0 aliphatic carbocycles.